The second-order valence-corrected chi connectivity index (χ2v) is 7.37. The van der Waals surface area contributed by atoms with E-state index in [1.165, 1.54) is 32.1 Å². The van der Waals surface area contributed by atoms with Gasteiger partial charge in [0.25, 0.3) is 0 Å². The molecule has 1 N–H and O–H groups in total. The van der Waals surface area contributed by atoms with E-state index in [4.69, 9.17) is 0 Å². The van der Waals surface area contributed by atoms with E-state index in [0.29, 0.717) is 11.6 Å². The van der Waals surface area contributed by atoms with Gasteiger partial charge in [-0.3, -0.25) is 9.11 Å². The van der Waals surface area contributed by atoms with E-state index in [1.54, 1.807) is 0 Å². The smallest absolute Gasteiger partial charge is 0.0359 e. The lowest BCUT2D eigenvalue weighted by Crippen LogP contribution is -2.64. The molecule has 4 heteroatoms. The molecule has 0 aromatic rings. The number of hydrogen-bond donors (Lipinski definition) is 1. The van der Waals surface area contributed by atoms with E-state index in [0.717, 1.165) is 25.4 Å². The molecule has 2 atom stereocenters. The third kappa shape index (κ3) is 3.52. The first-order valence-electron chi connectivity index (χ1n) is 6.90. The SMILES string of the molecule is CC1CNC2(CCCCC2)CN1CCS(C)=O. The summed E-state index contributed by atoms with van der Waals surface area (Å²) in [5.41, 5.74) is 0.375. The fraction of sp³-hybridized carbons (Fsp3) is 1.00. The highest BCUT2D eigenvalue weighted by Crippen LogP contribution is 2.31. The lowest BCUT2D eigenvalue weighted by atomic mass is 9.79. The minimum absolute atomic E-state index is 0.375. The molecule has 1 saturated heterocycles. The summed E-state index contributed by atoms with van der Waals surface area (Å²) < 4.78 is 11.2. The van der Waals surface area contributed by atoms with Crippen LogP contribution >= 0.6 is 0 Å². The maximum Gasteiger partial charge on any atom is 0.0359 e. The summed E-state index contributed by atoms with van der Waals surface area (Å²) in [6.45, 7) is 5.52. The van der Waals surface area contributed by atoms with Crippen molar-refractivity contribution in [1.29, 1.82) is 0 Å². The van der Waals surface area contributed by atoms with Crippen LogP contribution in [-0.2, 0) is 10.8 Å². The van der Waals surface area contributed by atoms with Crippen molar-refractivity contribution in [2.45, 2.75) is 50.6 Å². The van der Waals surface area contributed by atoms with Crippen molar-refractivity contribution in [1.82, 2.24) is 10.2 Å². The van der Waals surface area contributed by atoms with Crippen LogP contribution in [0.2, 0.25) is 0 Å². The van der Waals surface area contributed by atoms with Crippen LogP contribution in [0, 0.1) is 0 Å². The zero-order valence-corrected chi connectivity index (χ0v) is 12.0. The topological polar surface area (TPSA) is 32.3 Å². The number of hydrogen-bond acceptors (Lipinski definition) is 3. The Bertz CT molecular complexity index is 277. The third-order valence-corrected chi connectivity index (χ3v) is 5.14. The molecular formula is C13H26N2OS. The van der Waals surface area contributed by atoms with Crippen molar-refractivity contribution >= 4 is 10.8 Å². The molecule has 0 aromatic carbocycles. The van der Waals surface area contributed by atoms with Gasteiger partial charge >= 0.3 is 0 Å². The van der Waals surface area contributed by atoms with Gasteiger partial charge in [0.05, 0.1) is 0 Å². The molecular weight excluding hydrogens is 232 g/mol. The van der Waals surface area contributed by atoms with Crippen LogP contribution in [0.3, 0.4) is 0 Å². The molecule has 100 valence electrons. The summed E-state index contributed by atoms with van der Waals surface area (Å²) in [6, 6.07) is 0.589. The fourth-order valence-electron chi connectivity index (χ4n) is 3.20. The lowest BCUT2D eigenvalue weighted by Gasteiger charge is -2.49. The van der Waals surface area contributed by atoms with E-state index < -0.39 is 10.8 Å². The van der Waals surface area contributed by atoms with Crippen molar-refractivity contribution < 1.29 is 4.21 Å². The lowest BCUT2D eigenvalue weighted by molar-refractivity contribution is 0.0677. The molecule has 1 heterocycles. The Morgan fingerprint density at radius 1 is 1.35 bits per heavy atom. The molecule has 2 fully saturated rings. The minimum Gasteiger partial charge on any atom is -0.308 e. The standard InChI is InChI=1S/C13H26N2OS/c1-12-10-14-13(6-4-3-5-7-13)11-15(12)8-9-17(2)16/h12,14H,3-11H2,1-2H3. The first kappa shape index (κ1) is 13.5. The average molecular weight is 258 g/mol. The summed E-state index contributed by atoms with van der Waals surface area (Å²) in [5.74, 6) is 0.820. The first-order chi connectivity index (χ1) is 8.11. The van der Waals surface area contributed by atoms with Crippen molar-refractivity contribution in [3.05, 3.63) is 0 Å². The molecule has 1 aliphatic carbocycles. The average Bonchev–Trinajstić information content (AvgIpc) is 2.32. The summed E-state index contributed by atoms with van der Waals surface area (Å²) in [6.07, 6.45) is 8.60. The molecule has 0 aromatic heterocycles. The van der Waals surface area contributed by atoms with Crippen LogP contribution in [0.5, 0.6) is 0 Å². The van der Waals surface area contributed by atoms with Crippen molar-refractivity contribution in [2.75, 3.05) is 31.6 Å². The van der Waals surface area contributed by atoms with Gasteiger partial charge in [-0.05, 0) is 19.8 Å². The molecule has 3 nitrogen and oxygen atoms in total. The molecule has 1 spiro atoms. The van der Waals surface area contributed by atoms with E-state index in [-0.39, 0.29) is 0 Å². The zero-order valence-electron chi connectivity index (χ0n) is 11.2. The van der Waals surface area contributed by atoms with Gasteiger partial charge in [0, 0.05) is 54.0 Å². The minimum atomic E-state index is -0.661. The first-order valence-corrected chi connectivity index (χ1v) is 8.63. The van der Waals surface area contributed by atoms with E-state index in [1.807, 2.05) is 6.26 Å². The summed E-state index contributed by atoms with van der Waals surface area (Å²) in [7, 11) is -0.661. The van der Waals surface area contributed by atoms with Crippen LogP contribution in [0.25, 0.3) is 0 Å². The maximum atomic E-state index is 11.2. The Labute approximate surface area is 108 Å². The van der Waals surface area contributed by atoms with Gasteiger partial charge in [-0.1, -0.05) is 19.3 Å². The van der Waals surface area contributed by atoms with Crippen LogP contribution in [0.15, 0.2) is 0 Å². The highest BCUT2D eigenvalue weighted by molar-refractivity contribution is 7.84. The van der Waals surface area contributed by atoms with Crippen LogP contribution in [-0.4, -0.2) is 52.3 Å². The molecule has 1 saturated carbocycles. The molecule has 2 unspecified atom stereocenters. The Kier molecular flexibility index (Phi) is 4.61. The third-order valence-electron chi connectivity index (χ3n) is 4.38. The molecule has 17 heavy (non-hydrogen) atoms. The summed E-state index contributed by atoms with van der Waals surface area (Å²) in [4.78, 5) is 2.54. The zero-order chi connectivity index (χ0) is 12.3. The van der Waals surface area contributed by atoms with Crippen LogP contribution in [0.4, 0.5) is 0 Å². The predicted molar refractivity (Wildman–Crippen MR) is 73.8 cm³/mol. The number of piperazine rings is 1. The summed E-state index contributed by atoms with van der Waals surface area (Å²) in [5, 5.41) is 3.78. The number of nitrogens with zero attached hydrogens (tertiary/aromatic N) is 1. The Morgan fingerprint density at radius 3 is 2.71 bits per heavy atom. The van der Waals surface area contributed by atoms with E-state index >= 15 is 0 Å². The highest BCUT2D eigenvalue weighted by atomic mass is 32.2. The molecule has 0 radical (unpaired) electrons. The Morgan fingerprint density at radius 2 is 2.06 bits per heavy atom. The molecule has 2 aliphatic rings. The Hall–Kier alpha value is 0.0700. The van der Waals surface area contributed by atoms with Gasteiger partial charge in [0.2, 0.25) is 0 Å². The number of nitrogens with one attached hydrogen (secondary N) is 1. The largest absolute Gasteiger partial charge is 0.308 e. The Balaban J connectivity index is 1.93. The molecule has 0 amide bonds. The van der Waals surface area contributed by atoms with Gasteiger partial charge in [0.15, 0.2) is 0 Å². The molecule has 0 bridgehead atoms. The van der Waals surface area contributed by atoms with Gasteiger partial charge in [-0.15, -0.1) is 0 Å². The number of rotatable bonds is 3. The van der Waals surface area contributed by atoms with E-state index in [2.05, 4.69) is 17.1 Å². The van der Waals surface area contributed by atoms with Crippen molar-refractivity contribution in [3.63, 3.8) is 0 Å². The van der Waals surface area contributed by atoms with Gasteiger partial charge in [-0.25, -0.2) is 0 Å². The fourth-order valence-corrected chi connectivity index (χ4v) is 3.69. The van der Waals surface area contributed by atoms with Crippen LogP contribution in [0.1, 0.15) is 39.0 Å². The molecule has 1 aliphatic heterocycles. The van der Waals surface area contributed by atoms with Gasteiger partial charge < -0.3 is 5.32 Å². The van der Waals surface area contributed by atoms with Crippen LogP contribution < -0.4 is 5.32 Å². The maximum absolute atomic E-state index is 11.2. The molecule has 2 rings (SSSR count). The monoisotopic (exact) mass is 258 g/mol. The second-order valence-electron chi connectivity index (χ2n) is 5.82. The second kappa shape index (κ2) is 5.81. The van der Waals surface area contributed by atoms with Gasteiger partial charge in [0.1, 0.15) is 0 Å². The highest BCUT2D eigenvalue weighted by Gasteiger charge is 2.38. The predicted octanol–water partition coefficient (Wildman–Crippen LogP) is 1.36. The quantitative estimate of drug-likeness (QED) is 0.829. The normalized spacial score (nSPS) is 31.5. The van der Waals surface area contributed by atoms with Gasteiger partial charge in [-0.2, -0.15) is 0 Å². The van der Waals surface area contributed by atoms with E-state index in [9.17, 15) is 4.21 Å². The summed E-state index contributed by atoms with van der Waals surface area (Å²) >= 11 is 0. The van der Waals surface area contributed by atoms with Crippen molar-refractivity contribution in [2.24, 2.45) is 0 Å². The van der Waals surface area contributed by atoms with Crippen molar-refractivity contribution in [3.8, 4) is 0 Å².